The summed E-state index contributed by atoms with van der Waals surface area (Å²) in [7, 11) is 0. The van der Waals surface area contributed by atoms with Crippen LogP contribution >= 0.6 is 0 Å². The Hall–Kier alpha value is -0.300. The number of rotatable bonds is 5. The summed E-state index contributed by atoms with van der Waals surface area (Å²) >= 11 is 0. The molecule has 0 spiro atoms. The van der Waals surface area contributed by atoms with Crippen molar-refractivity contribution in [3.8, 4) is 0 Å². The average Bonchev–Trinajstić information content (AvgIpc) is 2.98. The summed E-state index contributed by atoms with van der Waals surface area (Å²) in [5.74, 6) is 6.41. The summed E-state index contributed by atoms with van der Waals surface area (Å²) in [6.07, 6.45) is 17.3. The van der Waals surface area contributed by atoms with E-state index in [1.807, 2.05) is 0 Å². The lowest BCUT2D eigenvalue weighted by Gasteiger charge is -2.54. The standard InChI is InChI=1S/C26H44O/c1-17(2)6-5-7-18(3)24-12-13-25-23-10-8-19-16-20(27)9-11-21(19)22(23)14-15-26(24,25)4/h8,17-18,20-25,27H,5-7,9-16H2,1-4H3. The highest BCUT2D eigenvalue weighted by Gasteiger charge is 2.56. The number of hydrogen-bond donors (Lipinski definition) is 1. The van der Waals surface area contributed by atoms with Crippen LogP contribution in [0, 0.1) is 46.8 Å². The van der Waals surface area contributed by atoms with Crippen LogP contribution in [0.3, 0.4) is 0 Å². The van der Waals surface area contributed by atoms with E-state index >= 15 is 0 Å². The molecule has 4 rings (SSSR count). The maximum Gasteiger partial charge on any atom is 0.0577 e. The topological polar surface area (TPSA) is 20.2 Å². The van der Waals surface area contributed by atoms with Gasteiger partial charge in [-0.1, -0.05) is 58.6 Å². The van der Waals surface area contributed by atoms with E-state index in [1.165, 1.54) is 57.8 Å². The zero-order valence-electron chi connectivity index (χ0n) is 18.4. The van der Waals surface area contributed by atoms with Crippen molar-refractivity contribution >= 4 is 0 Å². The van der Waals surface area contributed by atoms with Gasteiger partial charge in [0.1, 0.15) is 0 Å². The van der Waals surface area contributed by atoms with Gasteiger partial charge in [0.2, 0.25) is 0 Å². The smallest absolute Gasteiger partial charge is 0.0577 e. The van der Waals surface area contributed by atoms with Gasteiger partial charge in [-0.15, -0.1) is 0 Å². The van der Waals surface area contributed by atoms with Crippen LogP contribution in [-0.4, -0.2) is 11.2 Å². The molecule has 1 nitrogen and oxygen atoms in total. The molecule has 0 heterocycles. The summed E-state index contributed by atoms with van der Waals surface area (Å²) < 4.78 is 0. The molecule has 0 aliphatic heterocycles. The van der Waals surface area contributed by atoms with Crippen molar-refractivity contribution in [3.05, 3.63) is 11.6 Å². The molecule has 0 radical (unpaired) electrons. The predicted octanol–water partition coefficient (Wildman–Crippen LogP) is 7.00. The summed E-state index contributed by atoms with van der Waals surface area (Å²) in [6.45, 7) is 10.0. The molecular formula is C26H44O. The molecule has 0 bridgehead atoms. The Morgan fingerprint density at radius 1 is 1.04 bits per heavy atom. The van der Waals surface area contributed by atoms with Gasteiger partial charge in [0, 0.05) is 0 Å². The van der Waals surface area contributed by atoms with Crippen LogP contribution < -0.4 is 0 Å². The van der Waals surface area contributed by atoms with Gasteiger partial charge in [-0.2, -0.15) is 0 Å². The molecule has 8 atom stereocenters. The van der Waals surface area contributed by atoms with Gasteiger partial charge in [-0.3, -0.25) is 0 Å². The van der Waals surface area contributed by atoms with Crippen LogP contribution in [0.5, 0.6) is 0 Å². The summed E-state index contributed by atoms with van der Waals surface area (Å²) in [4.78, 5) is 0. The first kappa shape index (κ1) is 20.0. The van der Waals surface area contributed by atoms with Gasteiger partial charge in [0.25, 0.3) is 0 Å². The third-order valence-corrected chi connectivity index (χ3v) is 9.62. The second-order valence-electron chi connectivity index (χ2n) is 11.5. The van der Waals surface area contributed by atoms with Gasteiger partial charge >= 0.3 is 0 Å². The van der Waals surface area contributed by atoms with Gasteiger partial charge < -0.3 is 5.11 Å². The van der Waals surface area contributed by atoms with E-state index in [0.717, 1.165) is 54.3 Å². The summed E-state index contributed by atoms with van der Waals surface area (Å²) in [6, 6.07) is 0. The second-order valence-corrected chi connectivity index (χ2v) is 11.5. The Morgan fingerprint density at radius 2 is 1.85 bits per heavy atom. The minimum absolute atomic E-state index is 0.0551. The highest BCUT2D eigenvalue weighted by Crippen LogP contribution is 2.64. The molecular weight excluding hydrogens is 328 g/mol. The van der Waals surface area contributed by atoms with Crippen molar-refractivity contribution in [3.63, 3.8) is 0 Å². The monoisotopic (exact) mass is 372 g/mol. The minimum atomic E-state index is -0.0551. The molecule has 0 amide bonds. The lowest BCUT2D eigenvalue weighted by molar-refractivity contribution is -0.0294. The van der Waals surface area contributed by atoms with Crippen LogP contribution in [-0.2, 0) is 0 Å². The van der Waals surface area contributed by atoms with Crippen LogP contribution in [0.25, 0.3) is 0 Å². The fourth-order valence-corrected chi connectivity index (χ4v) is 8.27. The number of allylic oxidation sites excluding steroid dienone is 1. The Morgan fingerprint density at radius 3 is 2.63 bits per heavy atom. The van der Waals surface area contributed by atoms with E-state index in [2.05, 4.69) is 33.8 Å². The van der Waals surface area contributed by atoms with Crippen LogP contribution in [0.2, 0.25) is 0 Å². The zero-order chi connectivity index (χ0) is 19.2. The molecule has 4 aliphatic rings. The largest absolute Gasteiger partial charge is 0.393 e. The fourth-order valence-electron chi connectivity index (χ4n) is 8.27. The predicted molar refractivity (Wildman–Crippen MR) is 114 cm³/mol. The van der Waals surface area contributed by atoms with Crippen molar-refractivity contribution in [1.82, 2.24) is 0 Å². The normalized spacial score (nSPS) is 45.0. The van der Waals surface area contributed by atoms with Crippen molar-refractivity contribution < 1.29 is 5.11 Å². The number of hydrogen-bond acceptors (Lipinski definition) is 1. The van der Waals surface area contributed by atoms with Crippen LogP contribution in [0.4, 0.5) is 0 Å². The highest BCUT2D eigenvalue weighted by molar-refractivity contribution is 5.20. The maximum absolute atomic E-state index is 10.1. The molecule has 4 aliphatic carbocycles. The van der Waals surface area contributed by atoms with Crippen molar-refractivity contribution in [1.29, 1.82) is 0 Å². The Balaban J connectivity index is 1.45. The molecule has 27 heavy (non-hydrogen) atoms. The quantitative estimate of drug-likeness (QED) is 0.515. The van der Waals surface area contributed by atoms with E-state index in [1.54, 1.807) is 5.57 Å². The lowest BCUT2D eigenvalue weighted by atomic mass is 9.51. The zero-order valence-corrected chi connectivity index (χ0v) is 18.4. The minimum Gasteiger partial charge on any atom is -0.393 e. The summed E-state index contributed by atoms with van der Waals surface area (Å²) in [5, 5.41) is 10.1. The lowest BCUT2D eigenvalue weighted by Crippen LogP contribution is -2.47. The number of fused-ring (bicyclic) bond motifs is 5. The first-order valence-corrected chi connectivity index (χ1v) is 12.3. The maximum atomic E-state index is 10.1. The highest BCUT2D eigenvalue weighted by atomic mass is 16.3. The molecule has 3 saturated carbocycles. The van der Waals surface area contributed by atoms with E-state index < -0.39 is 0 Å². The second kappa shape index (κ2) is 7.85. The number of aliphatic hydroxyl groups excluding tert-OH is 1. The fraction of sp³-hybridized carbons (Fsp3) is 0.923. The van der Waals surface area contributed by atoms with Crippen LogP contribution in [0.1, 0.15) is 98.3 Å². The SMILES string of the molecule is CC(C)CCCC(C)C1CCC2C3CC=C4CC(O)CCC4C3CCC12C. The molecule has 154 valence electrons. The van der Waals surface area contributed by atoms with Crippen molar-refractivity contribution in [2.45, 2.75) is 104 Å². The van der Waals surface area contributed by atoms with Gasteiger partial charge in [-0.25, -0.2) is 0 Å². The Labute approximate surface area is 168 Å². The Kier molecular flexibility index (Phi) is 5.81. The first-order valence-electron chi connectivity index (χ1n) is 12.3. The van der Waals surface area contributed by atoms with Crippen molar-refractivity contribution in [2.24, 2.45) is 46.8 Å². The van der Waals surface area contributed by atoms with E-state index in [9.17, 15) is 5.11 Å². The molecule has 1 heteroatoms. The molecule has 3 fully saturated rings. The molecule has 8 unspecified atom stereocenters. The van der Waals surface area contributed by atoms with E-state index in [4.69, 9.17) is 0 Å². The average molecular weight is 373 g/mol. The molecule has 0 aromatic heterocycles. The first-order chi connectivity index (χ1) is 12.9. The summed E-state index contributed by atoms with van der Waals surface area (Å²) in [5.41, 5.74) is 2.24. The number of aliphatic hydroxyl groups is 1. The third kappa shape index (κ3) is 3.67. The molecule has 0 aromatic rings. The Bertz CT molecular complexity index is 548. The van der Waals surface area contributed by atoms with Gasteiger partial charge in [0.15, 0.2) is 0 Å². The van der Waals surface area contributed by atoms with Gasteiger partial charge in [-0.05, 0) is 98.2 Å². The molecule has 0 saturated heterocycles. The molecule has 0 aromatic carbocycles. The van der Waals surface area contributed by atoms with Gasteiger partial charge in [0.05, 0.1) is 6.10 Å². The van der Waals surface area contributed by atoms with E-state index in [-0.39, 0.29) is 6.10 Å². The van der Waals surface area contributed by atoms with E-state index in [0.29, 0.717) is 5.41 Å². The molecule has 1 N–H and O–H groups in total. The van der Waals surface area contributed by atoms with Crippen LogP contribution in [0.15, 0.2) is 11.6 Å². The van der Waals surface area contributed by atoms with Crippen molar-refractivity contribution in [2.75, 3.05) is 0 Å². The third-order valence-electron chi connectivity index (χ3n) is 9.62.